The van der Waals surface area contributed by atoms with Gasteiger partial charge in [0.2, 0.25) is 0 Å². The molecule has 1 aromatic carbocycles. The van der Waals surface area contributed by atoms with Crippen LogP contribution in [0.25, 0.3) is 27.8 Å². The molecular formula is C22H22FN7. The fourth-order valence-corrected chi connectivity index (χ4v) is 4.91. The normalized spacial score (nSPS) is 21.4. The summed E-state index contributed by atoms with van der Waals surface area (Å²) in [7, 11) is 2.16. The quantitative estimate of drug-likeness (QED) is 0.513. The molecular weight excluding hydrogens is 381 g/mol. The highest BCUT2D eigenvalue weighted by atomic mass is 19.1. The lowest BCUT2D eigenvalue weighted by Crippen LogP contribution is -2.44. The van der Waals surface area contributed by atoms with Gasteiger partial charge in [0.15, 0.2) is 11.5 Å². The minimum absolute atomic E-state index is 0.304. The predicted octanol–water partition coefficient (Wildman–Crippen LogP) is 2.99. The fourth-order valence-electron chi connectivity index (χ4n) is 4.91. The molecule has 0 spiro atoms. The maximum Gasteiger partial charge on any atom is 0.156 e. The van der Waals surface area contributed by atoms with Crippen LogP contribution in [0.1, 0.15) is 17.7 Å². The van der Waals surface area contributed by atoms with Gasteiger partial charge in [-0.15, -0.1) is 10.2 Å². The van der Waals surface area contributed by atoms with Gasteiger partial charge in [-0.1, -0.05) is 0 Å². The first-order chi connectivity index (χ1) is 14.5. The Morgan fingerprint density at radius 1 is 1.03 bits per heavy atom. The number of benzene rings is 1. The zero-order valence-electron chi connectivity index (χ0n) is 17.2. The molecule has 5 heterocycles. The highest BCUT2D eigenvalue weighted by molar-refractivity contribution is 5.86. The van der Waals surface area contributed by atoms with Crippen molar-refractivity contribution in [1.82, 2.24) is 29.7 Å². The molecule has 2 bridgehead atoms. The van der Waals surface area contributed by atoms with Crippen molar-refractivity contribution in [2.75, 3.05) is 25.0 Å². The zero-order valence-corrected chi connectivity index (χ0v) is 17.2. The molecule has 0 aliphatic carbocycles. The summed E-state index contributed by atoms with van der Waals surface area (Å²) in [6.45, 7) is 5.86. The second-order valence-corrected chi connectivity index (χ2v) is 8.59. The third kappa shape index (κ3) is 2.60. The van der Waals surface area contributed by atoms with Crippen molar-refractivity contribution in [3.8, 4) is 11.3 Å². The van der Waals surface area contributed by atoms with E-state index in [0.717, 1.165) is 42.2 Å². The molecule has 4 aromatic rings. The Hall–Kier alpha value is -3.13. The summed E-state index contributed by atoms with van der Waals surface area (Å²) in [5.74, 6) is 0.459. The maximum atomic E-state index is 15.1. The molecule has 0 amide bonds. The van der Waals surface area contributed by atoms with Crippen LogP contribution in [0.4, 0.5) is 10.2 Å². The number of aromatic nitrogens is 5. The van der Waals surface area contributed by atoms with E-state index in [9.17, 15) is 0 Å². The van der Waals surface area contributed by atoms with Crippen molar-refractivity contribution >= 4 is 22.4 Å². The summed E-state index contributed by atoms with van der Waals surface area (Å²) in [4.78, 5) is 9.13. The number of fused-ring (bicyclic) bond motifs is 4. The first kappa shape index (κ1) is 17.7. The summed E-state index contributed by atoms with van der Waals surface area (Å²) >= 11 is 0. The lowest BCUT2D eigenvalue weighted by atomic mass is 10.1. The van der Waals surface area contributed by atoms with E-state index in [1.807, 2.05) is 38.2 Å². The van der Waals surface area contributed by atoms with Gasteiger partial charge in [0.1, 0.15) is 5.82 Å². The van der Waals surface area contributed by atoms with E-state index >= 15 is 4.39 Å². The van der Waals surface area contributed by atoms with E-state index < -0.39 is 0 Å². The average Bonchev–Trinajstić information content (AvgIpc) is 3.40. The Labute approximate surface area is 173 Å². The number of anilines is 1. The summed E-state index contributed by atoms with van der Waals surface area (Å²) in [5, 5.41) is 13.9. The van der Waals surface area contributed by atoms with Gasteiger partial charge in [-0.05, 0) is 57.1 Å². The number of likely N-dealkylation sites (tertiary alicyclic amines) is 1. The minimum Gasteiger partial charge on any atom is -0.349 e. The smallest absolute Gasteiger partial charge is 0.156 e. The maximum absolute atomic E-state index is 15.1. The third-order valence-electron chi connectivity index (χ3n) is 6.48. The summed E-state index contributed by atoms with van der Waals surface area (Å²) in [5.41, 5.74) is 4.60. The molecule has 3 aromatic heterocycles. The molecule has 152 valence electrons. The van der Waals surface area contributed by atoms with Crippen LogP contribution in [0.5, 0.6) is 0 Å². The van der Waals surface area contributed by atoms with Crippen molar-refractivity contribution in [2.45, 2.75) is 32.4 Å². The molecule has 0 N–H and O–H groups in total. The van der Waals surface area contributed by atoms with E-state index in [1.165, 1.54) is 6.07 Å². The number of hydrogen-bond donors (Lipinski definition) is 0. The molecule has 0 saturated carbocycles. The molecule has 6 rings (SSSR count). The topological polar surface area (TPSA) is 62.5 Å². The van der Waals surface area contributed by atoms with Crippen molar-refractivity contribution < 1.29 is 4.39 Å². The van der Waals surface area contributed by atoms with Gasteiger partial charge in [0.25, 0.3) is 0 Å². The summed E-state index contributed by atoms with van der Waals surface area (Å²) in [6, 6.07) is 8.15. The Morgan fingerprint density at radius 2 is 1.90 bits per heavy atom. The second kappa shape index (κ2) is 6.18. The second-order valence-electron chi connectivity index (χ2n) is 8.59. The number of aryl methyl sites for hydroxylation is 2. The van der Waals surface area contributed by atoms with Crippen LogP contribution in [-0.2, 0) is 0 Å². The number of piperazine rings is 1. The molecule has 7 nitrogen and oxygen atoms in total. The van der Waals surface area contributed by atoms with E-state index in [4.69, 9.17) is 0 Å². The van der Waals surface area contributed by atoms with Gasteiger partial charge >= 0.3 is 0 Å². The van der Waals surface area contributed by atoms with Crippen molar-refractivity contribution in [3.05, 3.63) is 47.5 Å². The zero-order chi connectivity index (χ0) is 20.6. The number of imidazole rings is 1. The Balaban J connectivity index is 1.41. The monoisotopic (exact) mass is 403 g/mol. The summed E-state index contributed by atoms with van der Waals surface area (Å²) in [6.07, 6.45) is 3.01. The van der Waals surface area contributed by atoms with Gasteiger partial charge in [0.05, 0.1) is 23.1 Å². The number of halogens is 1. The highest BCUT2D eigenvalue weighted by Crippen LogP contribution is 2.34. The van der Waals surface area contributed by atoms with Gasteiger partial charge in [-0.3, -0.25) is 4.90 Å². The molecule has 2 fully saturated rings. The van der Waals surface area contributed by atoms with Crippen LogP contribution in [0.2, 0.25) is 0 Å². The molecule has 2 aliphatic heterocycles. The van der Waals surface area contributed by atoms with Gasteiger partial charge in [0, 0.05) is 36.1 Å². The lowest BCUT2D eigenvalue weighted by Gasteiger charge is -2.32. The third-order valence-corrected chi connectivity index (χ3v) is 6.48. The lowest BCUT2D eigenvalue weighted by molar-refractivity contribution is 0.292. The first-order valence-electron chi connectivity index (χ1n) is 10.2. The van der Waals surface area contributed by atoms with E-state index in [-0.39, 0.29) is 5.82 Å². The van der Waals surface area contributed by atoms with Crippen molar-refractivity contribution in [3.63, 3.8) is 0 Å². The van der Waals surface area contributed by atoms with Crippen LogP contribution in [-0.4, -0.2) is 61.9 Å². The van der Waals surface area contributed by atoms with Crippen LogP contribution in [0.3, 0.4) is 0 Å². The fraction of sp³-hybridized carbons (Fsp3) is 0.364. The molecule has 2 aliphatic rings. The van der Waals surface area contributed by atoms with Crippen molar-refractivity contribution in [2.24, 2.45) is 0 Å². The van der Waals surface area contributed by atoms with Crippen LogP contribution >= 0.6 is 0 Å². The molecule has 30 heavy (non-hydrogen) atoms. The number of rotatable bonds is 2. The molecule has 2 saturated heterocycles. The van der Waals surface area contributed by atoms with Gasteiger partial charge < -0.3 is 4.90 Å². The van der Waals surface area contributed by atoms with E-state index in [0.29, 0.717) is 34.2 Å². The molecule has 2 atom stereocenters. The molecule has 0 radical (unpaired) electrons. The van der Waals surface area contributed by atoms with E-state index in [1.54, 1.807) is 4.52 Å². The molecule has 8 heteroatoms. The van der Waals surface area contributed by atoms with E-state index in [2.05, 4.69) is 37.1 Å². The molecule has 1 unspecified atom stereocenters. The first-order valence-corrected chi connectivity index (χ1v) is 10.2. The van der Waals surface area contributed by atoms with Crippen LogP contribution in [0.15, 0.2) is 30.5 Å². The predicted molar refractivity (Wildman–Crippen MR) is 113 cm³/mol. The average molecular weight is 403 g/mol. The number of likely N-dealkylation sites (N-methyl/N-ethyl adjacent to an activating group) is 1. The SMILES string of the molecule is Cc1cn2nc(-c3cc(F)c4cc(N5CC6C[C@@H]5CN6C)nnc4c3)cc(C)c2n1. The number of hydrogen-bond acceptors (Lipinski definition) is 6. The number of nitrogens with zero attached hydrogens (tertiary/aromatic N) is 7. The Bertz CT molecular complexity index is 1310. The highest BCUT2D eigenvalue weighted by Gasteiger charge is 2.42. The van der Waals surface area contributed by atoms with Gasteiger partial charge in [-0.25, -0.2) is 13.9 Å². The van der Waals surface area contributed by atoms with Crippen molar-refractivity contribution in [1.29, 1.82) is 0 Å². The van der Waals surface area contributed by atoms with Crippen LogP contribution in [0, 0.1) is 19.7 Å². The standard InChI is InChI=1S/C22H22FN7/c1-12-4-19(27-30-9-13(2)24-22(12)30)14-5-18(23)17-8-21(26-25-20(17)6-14)29-11-15-7-16(29)10-28(15)3/h4-6,8-9,15-16H,7,10-11H2,1-3H3/t15?,16-/m1/s1. The van der Waals surface area contributed by atoms with Gasteiger partial charge in [-0.2, -0.15) is 5.10 Å². The minimum atomic E-state index is -0.304. The summed E-state index contributed by atoms with van der Waals surface area (Å²) < 4.78 is 16.9. The largest absolute Gasteiger partial charge is 0.349 e. The Kier molecular flexibility index (Phi) is 3.65. The van der Waals surface area contributed by atoms with Crippen LogP contribution < -0.4 is 4.90 Å². The Morgan fingerprint density at radius 3 is 2.67 bits per heavy atom.